The third-order valence-corrected chi connectivity index (χ3v) is 6.70. The lowest BCUT2D eigenvalue weighted by Gasteiger charge is -2.19. The molecule has 0 radical (unpaired) electrons. The molecule has 0 fully saturated rings. The molecule has 4 aromatic rings. The van der Waals surface area contributed by atoms with Crippen LogP contribution in [0.5, 0.6) is 17.4 Å². The second-order valence-corrected chi connectivity index (χ2v) is 10.9. The number of benzene rings is 2. The fourth-order valence-electron chi connectivity index (χ4n) is 3.70. The highest BCUT2D eigenvalue weighted by Gasteiger charge is 2.13. The van der Waals surface area contributed by atoms with E-state index in [9.17, 15) is 8.42 Å². The standard InChI is InChI=1S/C28H33N7O4S/c1-5-20-17-29-27(30-18-20)31-19-22-16-26(34-28(33-22)35(2)23-8-12-24(38-3)13-9-23)39-25-10-6-21(7-11-25)14-15-32-40(4,36)37/h6-13,16-18,32H,5,14-15,19H2,1-4H3,(H,29,30,31). The molecule has 2 aromatic heterocycles. The van der Waals surface area contributed by atoms with E-state index >= 15 is 0 Å². The van der Waals surface area contributed by atoms with Crippen LogP contribution in [0, 0.1) is 0 Å². The third-order valence-electron chi connectivity index (χ3n) is 5.97. The van der Waals surface area contributed by atoms with Crippen molar-refractivity contribution >= 4 is 27.6 Å². The molecule has 0 aliphatic carbocycles. The molecule has 0 atom stereocenters. The minimum atomic E-state index is -3.22. The Labute approximate surface area is 234 Å². The summed E-state index contributed by atoms with van der Waals surface area (Å²) in [5.74, 6) is 2.67. The second-order valence-electron chi connectivity index (χ2n) is 9.04. The summed E-state index contributed by atoms with van der Waals surface area (Å²) in [7, 11) is 0.284. The van der Waals surface area contributed by atoms with Crippen LogP contribution in [-0.4, -0.2) is 55.3 Å². The summed E-state index contributed by atoms with van der Waals surface area (Å²) in [6.07, 6.45) is 6.17. The molecule has 0 spiro atoms. The van der Waals surface area contributed by atoms with Crippen molar-refractivity contribution in [3.05, 3.63) is 83.8 Å². The molecule has 0 saturated heterocycles. The lowest BCUT2D eigenvalue weighted by Crippen LogP contribution is -2.24. The zero-order chi connectivity index (χ0) is 28.5. The first-order chi connectivity index (χ1) is 19.2. The van der Waals surface area contributed by atoms with E-state index in [1.165, 1.54) is 0 Å². The van der Waals surface area contributed by atoms with Crippen molar-refractivity contribution in [2.24, 2.45) is 0 Å². The summed E-state index contributed by atoms with van der Waals surface area (Å²) >= 11 is 0. The molecule has 2 N–H and O–H groups in total. The lowest BCUT2D eigenvalue weighted by atomic mass is 10.1. The molecule has 0 unspecified atom stereocenters. The molecule has 2 heterocycles. The van der Waals surface area contributed by atoms with Gasteiger partial charge >= 0.3 is 0 Å². The SMILES string of the molecule is CCc1cnc(NCc2cc(Oc3ccc(CCNS(C)(=O)=O)cc3)nc(N(C)c3ccc(OC)cc3)n2)nc1. The molecule has 11 nitrogen and oxygen atoms in total. The number of ether oxygens (including phenoxy) is 2. The van der Waals surface area contributed by atoms with Gasteiger partial charge in [0.1, 0.15) is 11.5 Å². The number of hydrogen-bond acceptors (Lipinski definition) is 10. The van der Waals surface area contributed by atoms with Crippen LogP contribution in [0.25, 0.3) is 0 Å². The first-order valence-corrected chi connectivity index (χ1v) is 14.6. The van der Waals surface area contributed by atoms with E-state index in [1.54, 1.807) is 25.6 Å². The van der Waals surface area contributed by atoms with Crippen LogP contribution in [0.4, 0.5) is 17.6 Å². The van der Waals surface area contributed by atoms with E-state index in [-0.39, 0.29) is 0 Å². The molecular formula is C28H33N7O4S. The number of sulfonamides is 1. The van der Waals surface area contributed by atoms with Crippen molar-refractivity contribution in [2.75, 3.05) is 37.2 Å². The van der Waals surface area contributed by atoms with Gasteiger partial charge in [0.05, 0.1) is 25.6 Å². The van der Waals surface area contributed by atoms with Gasteiger partial charge in [0.15, 0.2) is 0 Å². The molecule has 0 aliphatic heterocycles. The van der Waals surface area contributed by atoms with Gasteiger partial charge in [-0.15, -0.1) is 0 Å². The molecular weight excluding hydrogens is 530 g/mol. The largest absolute Gasteiger partial charge is 0.497 e. The van der Waals surface area contributed by atoms with Gasteiger partial charge in [-0.3, -0.25) is 0 Å². The predicted octanol–water partition coefficient (Wildman–Crippen LogP) is 4.10. The Bertz CT molecular complexity index is 1500. The van der Waals surface area contributed by atoms with E-state index in [2.05, 4.69) is 31.9 Å². The quantitative estimate of drug-likeness (QED) is 0.245. The van der Waals surface area contributed by atoms with E-state index in [1.807, 2.05) is 60.5 Å². The van der Waals surface area contributed by atoms with E-state index in [0.717, 1.165) is 35.2 Å². The number of hydrogen-bond donors (Lipinski definition) is 2. The Morgan fingerprint density at radius 3 is 2.23 bits per heavy atom. The first kappa shape index (κ1) is 28.7. The zero-order valence-electron chi connectivity index (χ0n) is 23.0. The fraction of sp³-hybridized carbons (Fsp3) is 0.286. The maximum Gasteiger partial charge on any atom is 0.233 e. The average Bonchev–Trinajstić information content (AvgIpc) is 2.96. The normalized spacial score (nSPS) is 11.2. The van der Waals surface area contributed by atoms with Crippen LogP contribution in [-0.2, 0) is 29.4 Å². The van der Waals surface area contributed by atoms with Crippen LogP contribution in [0.15, 0.2) is 67.0 Å². The molecule has 0 saturated carbocycles. The summed E-state index contributed by atoms with van der Waals surface area (Å²) in [5, 5.41) is 3.21. The molecule has 0 aliphatic rings. The van der Waals surface area contributed by atoms with Crippen molar-refractivity contribution in [1.29, 1.82) is 0 Å². The lowest BCUT2D eigenvalue weighted by molar-refractivity contribution is 0.415. The molecule has 0 bridgehead atoms. The summed E-state index contributed by atoms with van der Waals surface area (Å²) in [6.45, 7) is 2.74. The number of aryl methyl sites for hydroxylation is 1. The molecule has 40 heavy (non-hydrogen) atoms. The molecule has 210 valence electrons. The third kappa shape index (κ3) is 8.35. The van der Waals surface area contributed by atoms with Crippen molar-refractivity contribution < 1.29 is 17.9 Å². The Morgan fingerprint density at radius 1 is 0.925 bits per heavy atom. The van der Waals surface area contributed by atoms with Crippen LogP contribution >= 0.6 is 0 Å². The predicted molar refractivity (Wildman–Crippen MR) is 155 cm³/mol. The number of anilines is 3. The van der Waals surface area contributed by atoms with Crippen molar-refractivity contribution in [3.63, 3.8) is 0 Å². The van der Waals surface area contributed by atoms with Gasteiger partial charge in [0.25, 0.3) is 0 Å². The van der Waals surface area contributed by atoms with Gasteiger partial charge in [-0.05, 0) is 60.4 Å². The van der Waals surface area contributed by atoms with Gasteiger partial charge in [0.2, 0.25) is 27.8 Å². The summed E-state index contributed by atoms with van der Waals surface area (Å²) in [5.41, 5.74) is 3.60. The van der Waals surface area contributed by atoms with Crippen LogP contribution in [0.2, 0.25) is 0 Å². The van der Waals surface area contributed by atoms with E-state index in [0.29, 0.717) is 48.7 Å². The highest BCUT2D eigenvalue weighted by atomic mass is 32.2. The molecule has 12 heteroatoms. The fourth-order valence-corrected chi connectivity index (χ4v) is 4.17. The summed E-state index contributed by atoms with van der Waals surface area (Å²) < 4.78 is 36.5. The Kier molecular flexibility index (Phi) is 9.46. The number of methoxy groups -OCH3 is 1. The van der Waals surface area contributed by atoms with Crippen LogP contribution in [0.1, 0.15) is 23.7 Å². The monoisotopic (exact) mass is 563 g/mol. The Balaban J connectivity index is 1.54. The van der Waals surface area contributed by atoms with Gasteiger partial charge < -0.3 is 19.7 Å². The zero-order valence-corrected chi connectivity index (χ0v) is 23.8. The number of nitrogens with zero attached hydrogens (tertiary/aromatic N) is 5. The molecule has 4 rings (SSSR count). The maximum atomic E-state index is 11.3. The molecule has 2 aromatic carbocycles. The number of rotatable bonds is 13. The Morgan fingerprint density at radius 2 is 1.60 bits per heavy atom. The van der Waals surface area contributed by atoms with Crippen LogP contribution in [0.3, 0.4) is 0 Å². The molecule has 0 amide bonds. The van der Waals surface area contributed by atoms with Crippen molar-refractivity contribution in [1.82, 2.24) is 24.7 Å². The average molecular weight is 564 g/mol. The van der Waals surface area contributed by atoms with E-state index < -0.39 is 10.0 Å². The number of nitrogens with one attached hydrogen (secondary N) is 2. The Hall–Kier alpha value is -4.29. The highest BCUT2D eigenvalue weighted by molar-refractivity contribution is 7.88. The second kappa shape index (κ2) is 13.2. The minimum absolute atomic E-state index is 0.327. The number of aromatic nitrogens is 4. The summed E-state index contributed by atoms with van der Waals surface area (Å²) in [6, 6.07) is 16.8. The first-order valence-electron chi connectivity index (χ1n) is 12.7. The van der Waals surface area contributed by atoms with Gasteiger partial charge in [0, 0.05) is 37.7 Å². The maximum absolute atomic E-state index is 11.3. The van der Waals surface area contributed by atoms with Crippen LogP contribution < -0.4 is 24.4 Å². The van der Waals surface area contributed by atoms with Gasteiger partial charge in [-0.2, -0.15) is 4.98 Å². The highest BCUT2D eigenvalue weighted by Crippen LogP contribution is 2.27. The minimum Gasteiger partial charge on any atom is -0.497 e. The summed E-state index contributed by atoms with van der Waals surface area (Å²) in [4.78, 5) is 20.0. The van der Waals surface area contributed by atoms with E-state index in [4.69, 9.17) is 14.5 Å². The topological polar surface area (TPSA) is 131 Å². The van der Waals surface area contributed by atoms with Crippen molar-refractivity contribution in [2.45, 2.75) is 26.3 Å². The van der Waals surface area contributed by atoms with Gasteiger partial charge in [-0.1, -0.05) is 19.1 Å². The smallest absolute Gasteiger partial charge is 0.233 e. The van der Waals surface area contributed by atoms with Gasteiger partial charge in [-0.25, -0.2) is 28.1 Å². The van der Waals surface area contributed by atoms with Crippen molar-refractivity contribution in [3.8, 4) is 17.4 Å².